The van der Waals surface area contributed by atoms with Gasteiger partial charge >= 0.3 is 0 Å². The van der Waals surface area contributed by atoms with Gasteiger partial charge < -0.3 is 4.57 Å². The van der Waals surface area contributed by atoms with Gasteiger partial charge in [-0.15, -0.1) is 0 Å². The van der Waals surface area contributed by atoms with Crippen LogP contribution < -0.4 is 0 Å². The second kappa shape index (κ2) is 4.29. The number of hydrogen-bond donors (Lipinski definition) is 0. The van der Waals surface area contributed by atoms with Crippen molar-refractivity contribution in [3.05, 3.63) is 18.2 Å². The van der Waals surface area contributed by atoms with Gasteiger partial charge in [0.15, 0.2) is 0 Å². The van der Waals surface area contributed by atoms with Gasteiger partial charge in [0.25, 0.3) is 0 Å². The van der Waals surface area contributed by atoms with Crippen molar-refractivity contribution in [2.24, 2.45) is 18.4 Å². The van der Waals surface area contributed by atoms with Crippen molar-refractivity contribution in [2.45, 2.75) is 39.0 Å². The third-order valence-electron chi connectivity index (χ3n) is 3.84. The Morgan fingerprint density at radius 2 is 2.50 bits per heavy atom. The number of nitriles is 1. The van der Waals surface area contributed by atoms with Crippen molar-refractivity contribution in [2.75, 3.05) is 0 Å². The van der Waals surface area contributed by atoms with Crippen LogP contribution in [0.4, 0.5) is 0 Å². The highest BCUT2D eigenvalue weighted by atomic mass is 15.0. The van der Waals surface area contributed by atoms with Gasteiger partial charge in [-0.1, -0.05) is 6.92 Å². The zero-order valence-electron chi connectivity index (χ0n) is 10.1. The maximum atomic E-state index is 9.36. The van der Waals surface area contributed by atoms with E-state index in [1.165, 1.54) is 6.42 Å². The molecule has 16 heavy (non-hydrogen) atoms. The minimum atomic E-state index is -0.0780. The predicted octanol–water partition coefficient (Wildman–Crippen LogP) is 2.68. The SMILES string of the molecule is CC1CCC(C#N)(CCc2nccn2C)C1. The summed E-state index contributed by atoms with van der Waals surface area (Å²) in [6.07, 6.45) is 9.00. The van der Waals surface area contributed by atoms with Gasteiger partial charge in [0.05, 0.1) is 11.5 Å². The monoisotopic (exact) mass is 217 g/mol. The number of rotatable bonds is 3. The molecular formula is C13H19N3. The normalized spacial score (nSPS) is 29.2. The van der Waals surface area contributed by atoms with Crippen LogP contribution >= 0.6 is 0 Å². The number of nitrogens with zero attached hydrogens (tertiary/aromatic N) is 3. The zero-order chi connectivity index (χ0) is 11.6. The van der Waals surface area contributed by atoms with Crippen molar-refractivity contribution in [3.63, 3.8) is 0 Å². The number of aromatic nitrogens is 2. The number of aryl methyl sites for hydroxylation is 2. The van der Waals surface area contributed by atoms with Crippen LogP contribution in [0.25, 0.3) is 0 Å². The molecule has 0 radical (unpaired) electrons. The lowest BCUT2D eigenvalue weighted by Crippen LogP contribution is -2.16. The van der Waals surface area contributed by atoms with Crippen molar-refractivity contribution < 1.29 is 0 Å². The second-order valence-electron chi connectivity index (χ2n) is 5.19. The predicted molar refractivity (Wildman–Crippen MR) is 62.6 cm³/mol. The van der Waals surface area contributed by atoms with Crippen LogP contribution in [0.15, 0.2) is 12.4 Å². The number of hydrogen-bond acceptors (Lipinski definition) is 2. The molecule has 1 saturated carbocycles. The largest absolute Gasteiger partial charge is 0.338 e. The first-order valence-corrected chi connectivity index (χ1v) is 6.03. The summed E-state index contributed by atoms with van der Waals surface area (Å²) >= 11 is 0. The lowest BCUT2D eigenvalue weighted by Gasteiger charge is -2.20. The fourth-order valence-electron chi connectivity index (χ4n) is 2.77. The highest BCUT2D eigenvalue weighted by Crippen LogP contribution is 2.44. The lowest BCUT2D eigenvalue weighted by molar-refractivity contribution is 0.358. The quantitative estimate of drug-likeness (QED) is 0.781. The van der Waals surface area contributed by atoms with Crippen molar-refractivity contribution >= 4 is 0 Å². The van der Waals surface area contributed by atoms with Crippen LogP contribution in [0.1, 0.15) is 38.4 Å². The summed E-state index contributed by atoms with van der Waals surface area (Å²) < 4.78 is 2.05. The van der Waals surface area contributed by atoms with E-state index in [0.29, 0.717) is 5.92 Å². The first-order chi connectivity index (χ1) is 7.65. The molecule has 0 bridgehead atoms. The summed E-state index contributed by atoms with van der Waals surface area (Å²) in [7, 11) is 2.01. The Bertz CT molecular complexity index is 402. The van der Waals surface area contributed by atoms with E-state index in [4.69, 9.17) is 0 Å². The van der Waals surface area contributed by atoms with E-state index >= 15 is 0 Å². The van der Waals surface area contributed by atoms with Crippen molar-refractivity contribution in [1.29, 1.82) is 5.26 Å². The molecule has 1 fully saturated rings. The molecule has 1 aliphatic rings. The van der Waals surface area contributed by atoms with E-state index in [1.807, 2.05) is 24.0 Å². The van der Waals surface area contributed by atoms with Crippen LogP contribution in [0, 0.1) is 22.7 Å². The Morgan fingerprint density at radius 1 is 1.69 bits per heavy atom. The van der Waals surface area contributed by atoms with Crippen molar-refractivity contribution in [3.8, 4) is 6.07 Å². The van der Waals surface area contributed by atoms with Gasteiger partial charge in [0.2, 0.25) is 0 Å². The van der Waals surface area contributed by atoms with Gasteiger partial charge in [-0.05, 0) is 31.6 Å². The first-order valence-electron chi connectivity index (χ1n) is 6.03. The summed E-state index contributed by atoms with van der Waals surface area (Å²) in [5.41, 5.74) is -0.0780. The Balaban J connectivity index is 1.99. The average Bonchev–Trinajstić information content (AvgIpc) is 2.83. The first kappa shape index (κ1) is 11.2. The van der Waals surface area contributed by atoms with Crippen LogP contribution in [-0.2, 0) is 13.5 Å². The molecule has 0 aromatic carbocycles. The molecule has 3 heteroatoms. The van der Waals surface area contributed by atoms with Gasteiger partial charge in [0.1, 0.15) is 5.82 Å². The van der Waals surface area contributed by atoms with Gasteiger partial charge in [-0.25, -0.2) is 4.98 Å². The van der Waals surface area contributed by atoms with Crippen LogP contribution in [0.5, 0.6) is 0 Å². The Kier molecular flexibility index (Phi) is 3.00. The molecule has 2 atom stereocenters. The molecule has 1 heterocycles. The lowest BCUT2D eigenvalue weighted by atomic mass is 9.82. The highest BCUT2D eigenvalue weighted by molar-refractivity contribution is 5.05. The Hall–Kier alpha value is -1.30. The van der Waals surface area contributed by atoms with E-state index in [-0.39, 0.29) is 5.41 Å². The van der Waals surface area contributed by atoms with Gasteiger partial charge in [-0.2, -0.15) is 5.26 Å². The van der Waals surface area contributed by atoms with E-state index in [0.717, 1.165) is 31.5 Å². The van der Waals surface area contributed by atoms with E-state index in [2.05, 4.69) is 18.0 Å². The molecule has 0 saturated heterocycles. The van der Waals surface area contributed by atoms with E-state index in [1.54, 1.807) is 0 Å². The van der Waals surface area contributed by atoms with Gasteiger partial charge in [-0.3, -0.25) is 0 Å². The van der Waals surface area contributed by atoms with Crippen LogP contribution in [0.2, 0.25) is 0 Å². The Labute approximate surface area is 97.1 Å². The van der Waals surface area contributed by atoms with Crippen LogP contribution in [-0.4, -0.2) is 9.55 Å². The molecule has 0 N–H and O–H groups in total. The fourth-order valence-corrected chi connectivity index (χ4v) is 2.77. The maximum absolute atomic E-state index is 9.36. The minimum absolute atomic E-state index is 0.0780. The molecule has 2 unspecified atom stereocenters. The summed E-state index contributed by atoms with van der Waals surface area (Å²) in [6, 6.07) is 2.55. The molecular weight excluding hydrogens is 198 g/mol. The number of imidazole rings is 1. The standard InChI is InChI=1S/C13H19N3/c1-11-3-5-13(9-11,10-14)6-4-12-15-7-8-16(12)2/h7-8,11H,3-6,9H2,1-2H3. The molecule has 1 aromatic heterocycles. The van der Waals surface area contributed by atoms with Crippen molar-refractivity contribution in [1.82, 2.24) is 9.55 Å². The molecule has 2 rings (SSSR count). The molecule has 0 amide bonds. The highest BCUT2D eigenvalue weighted by Gasteiger charge is 2.37. The van der Waals surface area contributed by atoms with Crippen LogP contribution in [0.3, 0.4) is 0 Å². The maximum Gasteiger partial charge on any atom is 0.108 e. The molecule has 1 aliphatic carbocycles. The van der Waals surface area contributed by atoms with Gasteiger partial charge in [0, 0.05) is 25.9 Å². The zero-order valence-corrected chi connectivity index (χ0v) is 10.1. The molecule has 86 valence electrons. The Morgan fingerprint density at radius 3 is 3.00 bits per heavy atom. The fraction of sp³-hybridized carbons (Fsp3) is 0.692. The second-order valence-corrected chi connectivity index (χ2v) is 5.19. The summed E-state index contributed by atoms with van der Waals surface area (Å²) in [5, 5.41) is 9.36. The van der Waals surface area contributed by atoms with E-state index in [9.17, 15) is 5.26 Å². The summed E-state index contributed by atoms with van der Waals surface area (Å²) in [6.45, 7) is 2.25. The molecule has 1 aromatic rings. The third-order valence-corrected chi connectivity index (χ3v) is 3.84. The van der Waals surface area contributed by atoms with E-state index < -0.39 is 0 Å². The summed E-state index contributed by atoms with van der Waals surface area (Å²) in [4.78, 5) is 4.31. The topological polar surface area (TPSA) is 41.6 Å². The molecule has 0 aliphatic heterocycles. The molecule has 0 spiro atoms. The summed E-state index contributed by atoms with van der Waals surface area (Å²) in [5.74, 6) is 1.80. The smallest absolute Gasteiger partial charge is 0.108 e. The minimum Gasteiger partial charge on any atom is -0.338 e. The third kappa shape index (κ3) is 2.11. The average molecular weight is 217 g/mol. The molecule has 3 nitrogen and oxygen atoms in total.